The van der Waals surface area contributed by atoms with Crippen LogP contribution in [-0.4, -0.2) is 19.1 Å². The van der Waals surface area contributed by atoms with E-state index in [0.29, 0.717) is 6.04 Å². The third-order valence-corrected chi connectivity index (χ3v) is 3.94. The van der Waals surface area contributed by atoms with E-state index in [2.05, 4.69) is 34.4 Å². The molecule has 0 bridgehead atoms. The quantitative estimate of drug-likeness (QED) is 0.819. The lowest BCUT2D eigenvalue weighted by Gasteiger charge is -2.30. The van der Waals surface area contributed by atoms with E-state index in [-0.39, 0.29) is 0 Å². The van der Waals surface area contributed by atoms with Crippen LogP contribution in [-0.2, 0) is 6.54 Å². The molecule has 0 radical (unpaired) electrons. The van der Waals surface area contributed by atoms with Crippen molar-refractivity contribution in [2.24, 2.45) is 5.92 Å². The van der Waals surface area contributed by atoms with Crippen LogP contribution < -0.4 is 10.6 Å². The van der Waals surface area contributed by atoms with Gasteiger partial charge in [0.05, 0.1) is 0 Å². The van der Waals surface area contributed by atoms with E-state index in [9.17, 15) is 0 Å². The maximum atomic E-state index is 3.59. The molecule has 0 saturated carbocycles. The molecule has 2 atom stereocenters. The van der Waals surface area contributed by atoms with Crippen molar-refractivity contribution < 1.29 is 0 Å². The molecule has 1 fully saturated rings. The van der Waals surface area contributed by atoms with Gasteiger partial charge in [-0.15, -0.1) is 0 Å². The summed E-state index contributed by atoms with van der Waals surface area (Å²) in [5.41, 5.74) is 1.41. The molecule has 2 N–H and O–H groups in total. The largest absolute Gasteiger partial charge is 0.312 e. The van der Waals surface area contributed by atoms with Crippen LogP contribution in [0.4, 0.5) is 0 Å². The van der Waals surface area contributed by atoms with Crippen LogP contribution in [0.2, 0.25) is 0 Å². The lowest BCUT2D eigenvalue weighted by Crippen LogP contribution is -2.46. The second kappa shape index (κ2) is 5.64. The Balaban J connectivity index is 1.68. The van der Waals surface area contributed by atoms with Gasteiger partial charge in [0, 0.05) is 19.1 Å². The van der Waals surface area contributed by atoms with Crippen molar-refractivity contribution in [3.8, 4) is 0 Å². The Bertz CT molecular complexity index is 271. The van der Waals surface area contributed by atoms with Gasteiger partial charge in [-0.3, -0.25) is 0 Å². The molecular weight excluding hydrogens is 204 g/mol. The lowest BCUT2D eigenvalue weighted by atomic mass is 9.93. The molecular formula is C12H20N2S. The molecule has 0 amide bonds. The number of nitrogens with one attached hydrogen (secondary N) is 2. The fourth-order valence-electron chi connectivity index (χ4n) is 2.15. The van der Waals surface area contributed by atoms with Gasteiger partial charge in [0.2, 0.25) is 0 Å². The van der Waals surface area contributed by atoms with E-state index in [0.717, 1.165) is 19.0 Å². The molecule has 0 spiro atoms. The monoisotopic (exact) mass is 224 g/mol. The molecule has 3 heteroatoms. The highest BCUT2D eigenvalue weighted by Crippen LogP contribution is 2.14. The van der Waals surface area contributed by atoms with Crippen molar-refractivity contribution in [1.82, 2.24) is 10.6 Å². The summed E-state index contributed by atoms with van der Waals surface area (Å²) < 4.78 is 0. The first-order valence-corrected chi connectivity index (χ1v) is 6.75. The van der Waals surface area contributed by atoms with Gasteiger partial charge in [0.15, 0.2) is 0 Å². The first-order valence-electron chi connectivity index (χ1n) is 5.81. The third kappa shape index (κ3) is 3.30. The van der Waals surface area contributed by atoms with Gasteiger partial charge in [0.1, 0.15) is 0 Å². The van der Waals surface area contributed by atoms with E-state index < -0.39 is 0 Å². The topological polar surface area (TPSA) is 24.1 Å². The Kier molecular flexibility index (Phi) is 4.18. The van der Waals surface area contributed by atoms with Crippen molar-refractivity contribution in [3.05, 3.63) is 22.4 Å². The number of hydrogen-bond acceptors (Lipinski definition) is 3. The Hall–Kier alpha value is -0.380. The zero-order chi connectivity index (χ0) is 10.5. The van der Waals surface area contributed by atoms with Gasteiger partial charge in [-0.1, -0.05) is 6.92 Å². The van der Waals surface area contributed by atoms with E-state index in [1.807, 2.05) is 0 Å². The first-order chi connectivity index (χ1) is 7.36. The van der Waals surface area contributed by atoms with Crippen LogP contribution in [0.15, 0.2) is 16.8 Å². The summed E-state index contributed by atoms with van der Waals surface area (Å²) in [5, 5.41) is 11.5. The highest BCUT2D eigenvalue weighted by atomic mass is 32.1. The van der Waals surface area contributed by atoms with E-state index >= 15 is 0 Å². The van der Waals surface area contributed by atoms with E-state index in [1.54, 1.807) is 11.3 Å². The zero-order valence-corrected chi connectivity index (χ0v) is 10.1. The van der Waals surface area contributed by atoms with Crippen molar-refractivity contribution >= 4 is 11.3 Å². The average molecular weight is 224 g/mol. The van der Waals surface area contributed by atoms with Gasteiger partial charge >= 0.3 is 0 Å². The van der Waals surface area contributed by atoms with E-state index in [4.69, 9.17) is 0 Å². The molecule has 1 aromatic rings. The molecule has 2 heterocycles. The normalized spacial score (nSPS) is 26.7. The van der Waals surface area contributed by atoms with Crippen LogP contribution in [0, 0.1) is 5.92 Å². The van der Waals surface area contributed by atoms with Gasteiger partial charge in [-0.2, -0.15) is 11.3 Å². The summed E-state index contributed by atoms with van der Waals surface area (Å²) in [6, 6.07) is 2.85. The molecule has 1 aromatic heterocycles. The summed E-state index contributed by atoms with van der Waals surface area (Å²) >= 11 is 1.77. The molecule has 0 aliphatic carbocycles. The Labute approximate surface area is 96.1 Å². The molecule has 15 heavy (non-hydrogen) atoms. The lowest BCUT2D eigenvalue weighted by molar-refractivity contribution is 0.290. The predicted molar refractivity (Wildman–Crippen MR) is 66.2 cm³/mol. The third-order valence-electron chi connectivity index (χ3n) is 3.20. The molecule has 0 aromatic carbocycles. The van der Waals surface area contributed by atoms with Crippen LogP contribution >= 0.6 is 11.3 Å². The molecule has 1 saturated heterocycles. The SMILES string of the molecule is CC1CCCNC1CNCc1ccsc1. The van der Waals surface area contributed by atoms with Crippen molar-refractivity contribution in [2.75, 3.05) is 13.1 Å². The van der Waals surface area contributed by atoms with Crippen molar-refractivity contribution in [3.63, 3.8) is 0 Å². The molecule has 84 valence electrons. The number of piperidine rings is 1. The van der Waals surface area contributed by atoms with Gasteiger partial charge < -0.3 is 10.6 Å². The highest BCUT2D eigenvalue weighted by molar-refractivity contribution is 7.07. The first kappa shape index (κ1) is 11.1. The average Bonchev–Trinajstić information content (AvgIpc) is 2.74. The second-order valence-corrected chi connectivity index (χ2v) is 5.22. The van der Waals surface area contributed by atoms with E-state index in [1.165, 1.54) is 24.9 Å². The zero-order valence-electron chi connectivity index (χ0n) is 9.33. The predicted octanol–water partition coefficient (Wildman–Crippen LogP) is 2.23. The van der Waals surface area contributed by atoms with Crippen molar-refractivity contribution in [1.29, 1.82) is 0 Å². The number of hydrogen-bond donors (Lipinski definition) is 2. The molecule has 2 rings (SSSR count). The standard InChI is InChI=1S/C12H20N2S/c1-10-3-2-5-14-12(10)8-13-7-11-4-6-15-9-11/h4,6,9-10,12-14H,2-3,5,7-8H2,1H3. The van der Waals surface area contributed by atoms with Gasteiger partial charge in [-0.25, -0.2) is 0 Å². The summed E-state index contributed by atoms with van der Waals surface area (Å²) in [6.07, 6.45) is 2.71. The molecule has 2 unspecified atom stereocenters. The Morgan fingerprint density at radius 3 is 3.27 bits per heavy atom. The summed E-state index contributed by atoms with van der Waals surface area (Å²) in [4.78, 5) is 0. The van der Waals surface area contributed by atoms with Gasteiger partial charge in [-0.05, 0) is 47.7 Å². The van der Waals surface area contributed by atoms with Crippen LogP contribution in [0.5, 0.6) is 0 Å². The summed E-state index contributed by atoms with van der Waals surface area (Å²) in [5.74, 6) is 0.814. The second-order valence-electron chi connectivity index (χ2n) is 4.44. The maximum Gasteiger partial charge on any atom is 0.0218 e. The smallest absolute Gasteiger partial charge is 0.0218 e. The van der Waals surface area contributed by atoms with Crippen LogP contribution in [0.1, 0.15) is 25.3 Å². The highest BCUT2D eigenvalue weighted by Gasteiger charge is 2.19. The summed E-state index contributed by atoms with van der Waals surface area (Å²) in [7, 11) is 0. The Morgan fingerprint density at radius 2 is 2.53 bits per heavy atom. The maximum absolute atomic E-state index is 3.59. The Morgan fingerprint density at radius 1 is 1.60 bits per heavy atom. The summed E-state index contributed by atoms with van der Waals surface area (Å²) in [6.45, 7) is 5.64. The van der Waals surface area contributed by atoms with Crippen LogP contribution in [0.25, 0.3) is 0 Å². The molecule has 2 nitrogen and oxygen atoms in total. The fraction of sp³-hybridized carbons (Fsp3) is 0.667. The van der Waals surface area contributed by atoms with Crippen LogP contribution in [0.3, 0.4) is 0 Å². The number of rotatable bonds is 4. The van der Waals surface area contributed by atoms with Gasteiger partial charge in [0.25, 0.3) is 0 Å². The minimum Gasteiger partial charge on any atom is -0.312 e. The molecule has 1 aliphatic rings. The number of thiophene rings is 1. The minimum atomic E-state index is 0.664. The molecule has 1 aliphatic heterocycles. The minimum absolute atomic E-state index is 0.664. The fourth-order valence-corrected chi connectivity index (χ4v) is 2.82. The van der Waals surface area contributed by atoms with Crippen molar-refractivity contribution in [2.45, 2.75) is 32.4 Å².